The van der Waals surface area contributed by atoms with Crippen molar-refractivity contribution in [3.63, 3.8) is 0 Å². The van der Waals surface area contributed by atoms with E-state index in [2.05, 4.69) is 4.90 Å². The van der Waals surface area contributed by atoms with E-state index in [0.29, 0.717) is 26.2 Å². The molecule has 1 aliphatic heterocycles. The second kappa shape index (κ2) is 8.86. The predicted octanol–water partition coefficient (Wildman–Crippen LogP) is 0.737. The summed E-state index contributed by atoms with van der Waals surface area (Å²) >= 11 is 0. The first-order valence-electron chi connectivity index (χ1n) is 7.97. The maximum Gasteiger partial charge on any atom is 0.248 e. The minimum Gasteiger partial charge on any atom is -0.497 e. The fourth-order valence-electron chi connectivity index (χ4n) is 2.62. The zero-order valence-corrected chi connectivity index (χ0v) is 13.9. The number of β-amino-alcohol motifs (C(OH)–C–C–N with tert-alkyl or cyclic N) is 1. The summed E-state index contributed by atoms with van der Waals surface area (Å²) in [7, 11) is 1.63. The molecule has 1 aromatic carbocycles. The number of hydrogen-bond donors (Lipinski definition) is 1. The first kappa shape index (κ1) is 17.7. The van der Waals surface area contributed by atoms with Gasteiger partial charge in [0.1, 0.15) is 12.4 Å². The standard InChI is InChI=1S/C17H26N2O4/c1-14(20)11-18-7-9-19(10-8-18)17(21)13-23-12-15-3-5-16(22-2)6-4-15/h3-6,14,20H,7-13H2,1-2H3/t14-/m1/s1. The quantitative estimate of drug-likeness (QED) is 0.802. The summed E-state index contributed by atoms with van der Waals surface area (Å²) in [6.07, 6.45) is -0.329. The molecule has 6 heteroatoms. The maximum absolute atomic E-state index is 12.1. The minimum atomic E-state index is -0.329. The number of amides is 1. The van der Waals surface area contributed by atoms with Gasteiger partial charge in [-0.2, -0.15) is 0 Å². The van der Waals surface area contributed by atoms with E-state index in [1.165, 1.54) is 0 Å². The molecule has 0 aromatic heterocycles. The van der Waals surface area contributed by atoms with Crippen LogP contribution in [0.25, 0.3) is 0 Å². The normalized spacial score (nSPS) is 17.1. The molecule has 6 nitrogen and oxygen atoms in total. The number of aliphatic hydroxyl groups excluding tert-OH is 1. The minimum absolute atomic E-state index is 0.0233. The molecule has 1 fully saturated rings. The van der Waals surface area contributed by atoms with Gasteiger partial charge in [0.05, 0.1) is 19.8 Å². The van der Waals surface area contributed by atoms with Gasteiger partial charge < -0.3 is 19.5 Å². The van der Waals surface area contributed by atoms with E-state index in [4.69, 9.17) is 9.47 Å². The number of nitrogens with zero attached hydrogens (tertiary/aromatic N) is 2. The van der Waals surface area contributed by atoms with Crippen molar-refractivity contribution in [2.24, 2.45) is 0 Å². The average Bonchev–Trinajstić information content (AvgIpc) is 2.55. The Hall–Kier alpha value is -1.63. The molecular weight excluding hydrogens is 296 g/mol. The molecule has 0 aliphatic carbocycles. The summed E-state index contributed by atoms with van der Waals surface area (Å²) in [5, 5.41) is 9.39. The van der Waals surface area contributed by atoms with Crippen LogP contribution in [-0.4, -0.2) is 73.4 Å². The topological polar surface area (TPSA) is 62.2 Å². The van der Waals surface area contributed by atoms with Crippen LogP contribution in [-0.2, 0) is 16.1 Å². The van der Waals surface area contributed by atoms with Crippen molar-refractivity contribution in [3.8, 4) is 5.75 Å². The number of methoxy groups -OCH3 is 1. The van der Waals surface area contributed by atoms with Crippen molar-refractivity contribution < 1.29 is 19.4 Å². The van der Waals surface area contributed by atoms with E-state index in [1.54, 1.807) is 14.0 Å². The number of ether oxygens (including phenoxy) is 2. The van der Waals surface area contributed by atoms with Gasteiger partial charge >= 0.3 is 0 Å². The van der Waals surface area contributed by atoms with Crippen LogP contribution in [0.3, 0.4) is 0 Å². The van der Waals surface area contributed by atoms with Crippen LogP contribution >= 0.6 is 0 Å². The van der Waals surface area contributed by atoms with Gasteiger partial charge in [0.2, 0.25) is 5.91 Å². The Labute approximate surface area is 137 Å². The third kappa shape index (κ3) is 5.82. The van der Waals surface area contributed by atoms with Gasteiger partial charge in [-0.3, -0.25) is 9.69 Å². The van der Waals surface area contributed by atoms with Crippen LogP contribution in [0, 0.1) is 0 Å². The molecule has 0 unspecified atom stereocenters. The number of aliphatic hydroxyl groups is 1. The van der Waals surface area contributed by atoms with E-state index in [0.717, 1.165) is 24.4 Å². The van der Waals surface area contributed by atoms with E-state index in [1.807, 2.05) is 29.2 Å². The van der Waals surface area contributed by atoms with Crippen LogP contribution in [0.15, 0.2) is 24.3 Å². The first-order valence-corrected chi connectivity index (χ1v) is 7.97. The first-order chi connectivity index (χ1) is 11.1. The molecule has 23 heavy (non-hydrogen) atoms. The molecule has 1 saturated heterocycles. The number of carbonyl (C=O) groups excluding carboxylic acids is 1. The fourth-order valence-corrected chi connectivity index (χ4v) is 2.62. The van der Waals surface area contributed by atoms with Gasteiger partial charge in [-0.15, -0.1) is 0 Å². The predicted molar refractivity (Wildman–Crippen MR) is 87.4 cm³/mol. The van der Waals surface area contributed by atoms with E-state index >= 15 is 0 Å². The third-order valence-corrected chi connectivity index (χ3v) is 3.90. The van der Waals surface area contributed by atoms with Gasteiger partial charge in [0.25, 0.3) is 0 Å². The molecule has 0 radical (unpaired) electrons. The van der Waals surface area contributed by atoms with Gasteiger partial charge in [-0.05, 0) is 24.6 Å². The smallest absolute Gasteiger partial charge is 0.248 e. The summed E-state index contributed by atoms with van der Waals surface area (Å²) in [4.78, 5) is 16.1. The lowest BCUT2D eigenvalue weighted by atomic mass is 10.2. The van der Waals surface area contributed by atoms with Crippen LogP contribution in [0.1, 0.15) is 12.5 Å². The summed E-state index contributed by atoms with van der Waals surface area (Å²) in [6.45, 7) is 5.94. The molecule has 1 N–H and O–H groups in total. The number of hydrogen-bond acceptors (Lipinski definition) is 5. The summed E-state index contributed by atoms with van der Waals surface area (Å²) < 4.78 is 10.6. The molecular formula is C17H26N2O4. The van der Waals surface area contributed by atoms with Gasteiger partial charge in [0.15, 0.2) is 0 Å². The molecule has 1 aliphatic rings. The summed E-state index contributed by atoms with van der Waals surface area (Å²) in [6, 6.07) is 7.61. The maximum atomic E-state index is 12.1. The summed E-state index contributed by atoms with van der Waals surface area (Å²) in [5.74, 6) is 0.829. The molecule has 1 amide bonds. The van der Waals surface area contributed by atoms with Gasteiger partial charge in [-0.25, -0.2) is 0 Å². The Morgan fingerprint density at radius 3 is 2.43 bits per heavy atom. The molecule has 1 aromatic rings. The number of benzene rings is 1. The molecule has 128 valence electrons. The average molecular weight is 322 g/mol. The molecule has 0 spiro atoms. The van der Waals surface area contributed by atoms with Crippen LogP contribution < -0.4 is 4.74 Å². The highest BCUT2D eigenvalue weighted by atomic mass is 16.5. The lowest BCUT2D eigenvalue weighted by Crippen LogP contribution is -2.51. The zero-order valence-electron chi connectivity index (χ0n) is 13.9. The van der Waals surface area contributed by atoms with Crippen LogP contribution in [0.2, 0.25) is 0 Å². The van der Waals surface area contributed by atoms with E-state index < -0.39 is 0 Å². The molecule has 0 bridgehead atoms. The monoisotopic (exact) mass is 322 g/mol. The van der Waals surface area contributed by atoms with Crippen LogP contribution in [0.5, 0.6) is 5.75 Å². The van der Waals surface area contributed by atoms with Crippen molar-refractivity contribution in [1.82, 2.24) is 9.80 Å². The van der Waals surface area contributed by atoms with Crippen molar-refractivity contribution in [2.75, 3.05) is 46.4 Å². The van der Waals surface area contributed by atoms with E-state index in [-0.39, 0.29) is 18.6 Å². The number of piperazine rings is 1. The summed E-state index contributed by atoms with van der Waals surface area (Å²) in [5.41, 5.74) is 1.01. The highest BCUT2D eigenvalue weighted by Crippen LogP contribution is 2.12. The van der Waals surface area contributed by atoms with E-state index in [9.17, 15) is 9.90 Å². The lowest BCUT2D eigenvalue weighted by molar-refractivity contribution is -0.138. The van der Waals surface area contributed by atoms with Crippen molar-refractivity contribution in [2.45, 2.75) is 19.6 Å². The van der Waals surface area contributed by atoms with Crippen LogP contribution in [0.4, 0.5) is 0 Å². The Morgan fingerprint density at radius 2 is 1.87 bits per heavy atom. The Kier molecular flexibility index (Phi) is 6.83. The van der Waals surface area contributed by atoms with Crippen molar-refractivity contribution >= 4 is 5.91 Å². The van der Waals surface area contributed by atoms with Gasteiger partial charge in [0, 0.05) is 32.7 Å². The van der Waals surface area contributed by atoms with Crippen molar-refractivity contribution in [1.29, 1.82) is 0 Å². The zero-order chi connectivity index (χ0) is 16.7. The third-order valence-electron chi connectivity index (χ3n) is 3.90. The van der Waals surface area contributed by atoms with Crippen molar-refractivity contribution in [3.05, 3.63) is 29.8 Å². The largest absolute Gasteiger partial charge is 0.497 e. The second-order valence-electron chi connectivity index (χ2n) is 5.87. The number of rotatable bonds is 7. The Balaban J connectivity index is 1.67. The second-order valence-corrected chi connectivity index (χ2v) is 5.87. The van der Waals surface area contributed by atoms with Gasteiger partial charge in [-0.1, -0.05) is 12.1 Å². The number of carbonyl (C=O) groups is 1. The Bertz CT molecular complexity index is 482. The lowest BCUT2D eigenvalue weighted by Gasteiger charge is -2.35. The molecule has 1 atom stereocenters. The highest BCUT2D eigenvalue weighted by molar-refractivity contribution is 5.77. The molecule has 1 heterocycles. The molecule has 0 saturated carbocycles. The molecule has 2 rings (SSSR count). The Morgan fingerprint density at radius 1 is 1.22 bits per heavy atom. The SMILES string of the molecule is COc1ccc(COCC(=O)N2CCN(C[C@@H](C)O)CC2)cc1. The fraction of sp³-hybridized carbons (Fsp3) is 0.588. The highest BCUT2D eigenvalue weighted by Gasteiger charge is 2.21.